The Labute approximate surface area is 105 Å². The monoisotopic (exact) mass is 245 g/mol. The smallest absolute Gasteiger partial charge is 0.247 e. The summed E-state index contributed by atoms with van der Waals surface area (Å²) < 4.78 is 5.41. The number of nitrogens with zero attached hydrogens (tertiary/aromatic N) is 4. The van der Waals surface area contributed by atoms with Crippen LogP contribution in [0.5, 0.6) is 0 Å². The van der Waals surface area contributed by atoms with Gasteiger partial charge in [-0.25, -0.2) is 4.98 Å². The topological polar surface area (TPSA) is 76.7 Å². The molecule has 1 atom stereocenters. The maximum atomic E-state index is 5.41. The van der Waals surface area contributed by atoms with Crippen LogP contribution in [0.1, 0.15) is 32.1 Å². The van der Waals surface area contributed by atoms with Crippen molar-refractivity contribution in [1.82, 2.24) is 25.4 Å². The molecule has 18 heavy (non-hydrogen) atoms. The summed E-state index contributed by atoms with van der Waals surface area (Å²) in [6.07, 6.45) is 7.98. The Morgan fingerprint density at radius 2 is 2.39 bits per heavy atom. The first kappa shape index (κ1) is 11.3. The minimum atomic E-state index is -0.159. The second kappa shape index (κ2) is 4.45. The van der Waals surface area contributed by atoms with Crippen molar-refractivity contribution in [3.63, 3.8) is 0 Å². The molecule has 0 spiro atoms. The van der Waals surface area contributed by atoms with E-state index in [1.165, 1.54) is 0 Å². The quantitative estimate of drug-likeness (QED) is 0.883. The number of hydrogen-bond donors (Lipinski definition) is 1. The van der Waals surface area contributed by atoms with E-state index >= 15 is 0 Å². The highest BCUT2D eigenvalue weighted by Crippen LogP contribution is 2.33. The number of nitrogens with one attached hydrogen (secondary N) is 1. The molecule has 3 heterocycles. The van der Waals surface area contributed by atoms with E-state index in [4.69, 9.17) is 4.52 Å². The average Bonchev–Trinajstić information content (AvgIpc) is 3.09. The molecule has 2 aromatic heterocycles. The zero-order valence-corrected chi connectivity index (χ0v) is 10.3. The van der Waals surface area contributed by atoms with Crippen LogP contribution in [0.4, 0.5) is 0 Å². The average molecular weight is 245 g/mol. The summed E-state index contributed by atoms with van der Waals surface area (Å²) in [6.45, 7) is 3.13. The van der Waals surface area contributed by atoms with Crippen LogP contribution in [-0.2, 0) is 5.54 Å². The van der Waals surface area contributed by atoms with Crippen LogP contribution in [0.25, 0.3) is 11.5 Å². The van der Waals surface area contributed by atoms with Crippen molar-refractivity contribution >= 4 is 0 Å². The van der Waals surface area contributed by atoms with E-state index in [9.17, 15) is 0 Å². The van der Waals surface area contributed by atoms with E-state index < -0.39 is 0 Å². The van der Waals surface area contributed by atoms with E-state index in [0.29, 0.717) is 17.4 Å². The molecule has 94 valence electrons. The third-order valence-electron chi connectivity index (χ3n) is 3.47. The molecule has 0 aliphatic carbocycles. The molecule has 6 nitrogen and oxygen atoms in total. The van der Waals surface area contributed by atoms with E-state index in [0.717, 1.165) is 25.8 Å². The van der Waals surface area contributed by atoms with E-state index in [1.54, 1.807) is 18.6 Å². The standard InChI is InChI=1S/C12H15N5O/c1-2-12(4-3-5-15-12)11-16-10(17-18-11)9-8-13-6-7-14-9/h6-8,15H,2-5H2,1H3. The molecule has 1 fully saturated rings. The lowest BCUT2D eigenvalue weighted by molar-refractivity contribution is 0.250. The molecule has 0 amide bonds. The molecule has 0 bridgehead atoms. The fourth-order valence-corrected chi connectivity index (χ4v) is 2.38. The molecule has 1 unspecified atom stereocenters. The number of hydrogen-bond acceptors (Lipinski definition) is 6. The van der Waals surface area contributed by atoms with Gasteiger partial charge in [0.05, 0.1) is 11.7 Å². The normalized spacial score (nSPS) is 23.4. The summed E-state index contributed by atoms with van der Waals surface area (Å²) in [5, 5.41) is 7.46. The van der Waals surface area contributed by atoms with Crippen molar-refractivity contribution in [2.75, 3.05) is 6.54 Å². The highest BCUT2D eigenvalue weighted by molar-refractivity contribution is 5.45. The Bertz CT molecular complexity index is 518. The van der Waals surface area contributed by atoms with Crippen molar-refractivity contribution in [3.05, 3.63) is 24.5 Å². The van der Waals surface area contributed by atoms with Gasteiger partial charge in [0.2, 0.25) is 11.7 Å². The van der Waals surface area contributed by atoms with Crippen LogP contribution in [-0.4, -0.2) is 26.7 Å². The molecular formula is C12H15N5O. The van der Waals surface area contributed by atoms with Crippen molar-refractivity contribution in [2.45, 2.75) is 31.7 Å². The second-order valence-electron chi connectivity index (χ2n) is 4.48. The zero-order chi connectivity index (χ0) is 12.4. The minimum Gasteiger partial charge on any atom is -0.337 e. The van der Waals surface area contributed by atoms with Crippen molar-refractivity contribution in [1.29, 1.82) is 0 Å². The molecule has 3 rings (SSSR count). The number of aromatic nitrogens is 4. The molecule has 1 N–H and O–H groups in total. The van der Waals surface area contributed by atoms with Crippen molar-refractivity contribution in [3.8, 4) is 11.5 Å². The highest BCUT2D eigenvalue weighted by atomic mass is 16.5. The van der Waals surface area contributed by atoms with Crippen molar-refractivity contribution < 1.29 is 4.52 Å². The van der Waals surface area contributed by atoms with E-state index in [2.05, 4.69) is 32.3 Å². The summed E-state index contributed by atoms with van der Waals surface area (Å²) in [6, 6.07) is 0. The SMILES string of the molecule is CCC1(c2nc(-c3cnccn3)no2)CCCN1. The van der Waals surface area contributed by atoms with Gasteiger partial charge in [-0.05, 0) is 25.8 Å². The largest absolute Gasteiger partial charge is 0.337 e. The fourth-order valence-electron chi connectivity index (χ4n) is 2.38. The van der Waals surface area contributed by atoms with Gasteiger partial charge in [0.15, 0.2) is 0 Å². The maximum Gasteiger partial charge on any atom is 0.247 e. The van der Waals surface area contributed by atoms with Crippen LogP contribution in [0.3, 0.4) is 0 Å². The minimum absolute atomic E-state index is 0.159. The predicted octanol–water partition coefficient (Wildman–Crippen LogP) is 1.52. The van der Waals surface area contributed by atoms with Gasteiger partial charge in [0.25, 0.3) is 0 Å². The fraction of sp³-hybridized carbons (Fsp3) is 0.500. The van der Waals surface area contributed by atoms with E-state index in [1.807, 2.05) is 0 Å². The first-order chi connectivity index (χ1) is 8.84. The third-order valence-corrected chi connectivity index (χ3v) is 3.47. The Morgan fingerprint density at radius 3 is 3.06 bits per heavy atom. The second-order valence-corrected chi connectivity index (χ2v) is 4.48. The predicted molar refractivity (Wildman–Crippen MR) is 64.5 cm³/mol. The van der Waals surface area contributed by atoms with Gasteiger partial charge in [-0.3, -0.25) is 4.98 Å². The van der Waals surface area contributed by atoms with Gasteiger partial charge in [-0.1, -0.05) is 12.1 Å². The summed E-state index contributed by atoms with van der Waals surface area (Å²) in [4.78, 5) is 12.6. The van der Waals surface area contributed by atoms with Crippen LogP contribution in [0, 0.1) is 0 Å². The van der Waals surface area contributed by atoms with Gasteiger partial charge in [-0.2, -0.15) is 4.98 Å². The molecule has 1 aliphatic heterocycles. The maximum absolute atomic E-state index is 5.41. The lowest BCUT2D eigenvalue weighted by Crippen LogP contribution is -2.36. The highest BCUT2D eigenvalue weighted by Gasteiger charge is 2.39. The molecule has 2 aromatic rings. The molecule has 6 heteroatoms. The molecule has 0 saturated carbocycles. The van der Waals surface area contributed by atoms with Gasteiger partial charge < -0.3 is 9.84 Å². The molecule has 1 saturated heterocycles. The summed E-state index contributed by atoms with van der Waals surface area (Å²) >= 11 is 0. The lowest BCUT2D eigenvalue weighted by Gasteiger charge is -2.22. The molecular weight excluding hydrogens is 230 g/mol. The van der Waals surface area contributed by atoms with Gasteiger partial charge in [0, 0.05) is 12.4 Å². The summed E-state index contributed by atoms with van der Waals surface area (Å²) in [7, 11) is 0. The first-order valence-corrected chi connectivity index (χ1v) is 6.20. The lowest BCUT2D eigenvalue weighted by atomic mass is 9.94. The summed E-state index contributed by atoms with van der Waals surface area (Å²) in [5.41, 5.74) is 0.477. The van der Waals surface area contributed by atoms with Crippen molar-refractivity contribution in [2.24, 2.45) is 0 Å². The van der Waals surface area contributed by atoms with Crippen LogP contribution in [0.15, 0.2) is 23.1 Å². The Kier molecular flexibility index (Phi) is 2.79. The van der Waals surface area contributed by atoms with Crippen LogP contribution < -0.4 is 5.32 Å². The van der Waals surface area contributed by atoms with Gasteiger partial charge in [-0.15, -0.1) is 0 Å². The molecule has 1 aliphatic rings. The number of rotatable bonds is 3. The van der Waals surface area contributed by atoms with Gasteiger partial charge >= 0.3 is 0 Å². The van der Waals surface area contributed by atoms with E-state index in [-0.39, 0.29) is 5.54 Å². The van der Waals surface area contributed by atoms with Crippen LogP contribution in [0.2, 0.25) is 0 Å². The Hall–Kier alpha value is -1.82. The molecule has 0 aromatic carbocycles. The van der Waals surface area contributed by atoms with Gasteiger partial charge in [0.1, 0.15) is 5.69 Å². The first-order valence-electron chi connectivity index (χ1n) is 6.20. The Morgan fingerprint density at radius 1 is 1.44 bits per heavy atom. The Balaban J connectivity index is 1.94. The third kappa shape index (κ3) is 1.78. The zero-order valence-electron chi connectivity index (χ0n) is 10.3. The molecule has 0 radical (unpaired) electrons. The summed E-state index contributed by atoms with van der Waals surface area (Å²) in [5.74, 6) is 1.16. The van der Waals surface area contributed by atoms with Crippen LogP contribution >= 0.6 is 0 Å².